The Bertz CT molecular complexity index is 365. The number of halogens is 1. The van der Waals surface area contributed by atoms with Gasteiger partial charge >= 0.3 is 0 Å². The van der Waals surface area contributed by atoms with Crippen molar-refractivity contribution in [3.8, 4) is 0 Å². The van der Waals surface area contributed by atoms with Gasteiger partial charge in [-0.05, 0) is 64.1 Å². The van der Waals surface area contributed by atoms with Gasteiger partial charge in [0.15, 0.2) is 0 Å². The van der Waals surface area contributed by atoms with Crippen molar-refractivity contribution in [2.24, 2.45) is 5.41 Å². The maximum atomic E-state index is 12.5. The summed E-state index contributed by atoms with van der Waals surface area (Å²) in [4.78, 5) is 14.9. The highest BCUT2D eigenvalue weighted by atomic mass is 35.5. The lowest BCUT2D eigenvalue weighted by atomic mass is 9.78. The summed E-state index contributed by atoms with van der Waals surface area (Å²) in [6.07, 6.45) is 10.1. The highest BCUT2D eigenvalue weighted by molar-refractivity contribution is 5.85. The summed E-state index contributed by atoms with van der Waals surface area (Å²) in [6, 6.07) is 0.477. The van der Waals surface area contributed by atoms with E-state index in [1.54, 1.807) is 0 Å². The number of nitrogens with one attached hydrogen (secondary N) is 2. The average Bonchev–Trinajstić information content (AvgIpc) is 2.92. The largest absolute Gasteiger partial charge is 0.352 e. The molecular weight excluding hydrogens is 298 g/mol. The molecule has 2 heterocycles. The number of carbonyl (C=O) groups excluding carboxylic acids is 1. The fourth-order valence-electron chi connectivity index (χ4n) is 4.40. The molecule has 0 aromatic rings. The Hall–Kier alpha value is -0.320. The summed E-state index contributed by atoms with van der Waals surface area (Å²) in [5.74, 6) is 0.257. The third kappa shape index (κ3) is 4.15. The zero-order valence-corrected chi connectivity index (χ0v) is 14.7. The number of amides is 1. The standard InChI is InChI=1S/C17H31N3O.ClH/c1-14(16(21)19-15-5-3-2-4-6-15)20-12-9-17(13-20)7-10-18-11-8-17;/h14-15,18H,2-13H2,1H3,(H,19,21);1H. The van der Waals surface area contributed by atoms with Crippen LogP contribution in [0, 0.1) is 5.41 Å². The lowest BCUT2D eigenvalue weighted by Gasteiger charge is -2.35. The molecule has 4 nitrogen and oxygen atoms in total. The van der Waals surface area contributed by atoms with Gasteiger partial charge in [-0.2, -0.15) is 0 Å². The summed E-state index contributed by atoms with van der Waals surface area (Å²) < 4.78 is 0. The number of hydrogen-bond donors (Lipinski definition) is 2. The smallest absolute Gasteiger partial charge is 0.237 e. The monoisotopic (exact) mass is 329 g/mol. The van der Waals surface area contributed by atoms with E-state index in [1.807, 2.05) is 0 Å². The molecule has 2 N–H and O–H groups in total. The van der Waals surface area contributed by atoms with E-state index in [0.29, 0.717) is 11.5 Å². The van der Waals surface area contributed by atoms with Crippen molar-refractivity contribution in [1.82, 2.24) is 15.5 Å². The summed E-state index contributed by atoms with van der Waals surface area (Å²) >= 11 is 0. The molecule has 3 fully saturated rings. The molecule has 1 spiro atoms. The molecule has 5 heteroatoms. The van der Waals surface area contributed by atoms with Crippen LogP contribution in [0.1, 0.15) is 58.3 Å². The van der Waals surface area contributed by atoms with E-state index in [0.717, 1.165) is 26.2 Å². The Morgan fingerprint density at radius 1 is 1.18 bits per heavy atom. The minimum Gasteiger partial charge on any atom is -0.352 e. The average molecular weight is 330 g/mol. The molecule has 1 saturated carbocycles. The Balaban J connectivity index is 0.00000176. The predicted octanol–water partition coefficient (Wildman–Crippen LogP) is 2.32. The van der Waals surface area contributed by atoms with Crippen LogP contribution in [0.2, 0.25) is 0 Å². The van der Waals surface area contributed by atoms with Gasteiger partial charge in [-0.1, -0.05) is 19.3 Å². The molecule has 1 unspecified atom stereocenters. The van der Waals surface area contributed by atoms with Crippen molar-refractivity contribution < 1.29 is 4.79 Å². The van der Waals surface area contributed by atoms with Crippen molar-refractivity contribution in [3.05, 3.63) is 0 Å². The third-order valence-electron chi connectivity index (χ3n) is 6.01. The third-order valence-corrected chi connectivity index (χ3v) is 6.01. The molecule has 3 rings (SSSR count). The highest BCUT2D eigenvalue weighted by Gasteiger charge is 2.41. The minimum absolute atomic E-state index is 0. The Morgan fingerprint density at radius 3 is 2.55 bits per heavy atom. The van der Waals surface area contributed by atoms with Crippen molar-refractivity contribution in [2.45, 2.75) is 70.4 Å². The summed E-state index contributed by atoms with van der Waals surface area (Å²) in [7, 11) is 0. The maximum Gasteiger partial charge on any atom is 0.237 e. The van der Waals surface area contributed by atoms with E-state index in [9.17, 15) is 4.79 Å². The van der Waals surface area contributed by atoms with Gasteiger partial charge in [-0.3, -0.25) is 9.69 Å². The van der Waals surface area contributed by atoms with Crippen molar-refractivity contribution >= 4 is 18.3 Å². The molecule has 0 bridgehead atoms. The van der Waals surface area contributed by atoms with Gasteiger partial charge in [0.05, 0.1) is 6.04 Å². The maximum absolute atomic E-state index is 12.5. The van der Waals surface area contributed by atoms with Gasteiger partial charge in [0.1, 0.15) is 0 Å². The fraction of sp³-hybridized carbons (Fsp3) is 0.941. The zero-order valence-electron chi connectivity index (χ0n) is 13.9. The van der Waals surface area contributed by atoms with Gasteiger partial charge in [0, 0.05) is 12.6 Å². The van der Waals surface area contributed by atoms with E-state index < -0.39 is 0 Å². The summed E-state index contributed by atoms with van der Waals surface area (Å²) in [5, 5.41) is 6.75. The predicted molar refractivity (Wildman–Crippen MR) is 92.5 cm³/mol. The molecule has 0 radical (unpaired) electrons. The molecule has 128 valence electrons. The van der Waals surface area contributed by atoms with E-state index in [-0.39, 0.29) is 24.4 Å². The van der Waals surface area contributed by atoms with Crippen LogP contribution < -0.4 is 10.6 Å². The highest BCUT2D eigenvalue weighted by Crippen LogP contribution is 2.39. The van der Waals surface area contributed by atoms with Crippen LogP contribution in [-0.4, -0.2) is 49.1 Å². The Morgan fingerprint density at radius 2 is 1.86 bits per heavy atom. The normalized spacial score (nSPS) is 27.3. The quantitative estimate of drug-likeness (QED) is 0.835. The first-order valence-electron chi connectivity index (χ1n) is 8.94. The summed E-state index contributed by atoms with van der Waals surface area (Å²) in [5.41, 5.74) is 0.491. The van der Waals surface area contributed by atoms with Crippen LogP contribution in [0.4, 0.5) is 0 Å². The number of nitrogens with zero attached hydrogens (tertiary/aromatic N) is 1. The van der Waals surface area contributed by atoms with Gasteiger partial charge in [-0.25, -0.2) is 0 Å². The lowest BCUT2D eigenvalue weighted by molar-refractivity contribution is -0.126. The molecular formula is C17H32ClN3O. The molecule has 2 saturated heterocycles. The topological polar surface area (TPSA) is 44.4 Å². The molecule has 1 aliphatic carbocycles. The number of likely N-dealkylation sites (tertiary alicyclic amines) is 1. The van der Waals surface area contributed by atoms with E-state index in [1.165, 1.54) is 51.4 Å². The molecule has 1 atom stereocenters. The SMILES string of the molecule is CC(C(=O)NC1CCCCC1)N1CCC2(CCNCC2)C1.Cl. The Labute approximate surface area is 141 Å². The lowest BCUT2D eigenvalue weighted by Crippen LogP contribution is -2.49. The summed E-state index contributed by atoms with van der Waals surface area (Å²) in [6.45, 7) is 6.61. The minimum atomic E-state index is 0. The van der Waals surface area contributed by atoms with Crippen molar-refractivity contribution in [2.75, 3.05) is 26.2 Å². The number of hydrogen-bond acceptors (Lipinski definition) is 3. The molecule has 22 heavy (non-hydrogen) atoms. The van der Waals surface area contributed by atoms with E-state index in [2.05, 4.69) is 22.5 Å². The van der Waals surface area contributed by atoms with Gasteiger partial charge < -0.3 is 10.6 Å². The fourth-order valence-corrected chi connectivity index (χ4v) is 4.40. The molecule has 0 aromatic heterocycles. The number of carbonyl (C=O) groups is 1. The molecule has 3 aliphatic rings. The van der Waals surface area contributed by atoms with Crippen LogP contribution in [0.5, 0.6) is 0 Å². The number of rotatable bonds is 3. The molecule has 0 aromatic carbocycles. The van der Waals surface area contributed by atoms with Gasteiger partial charge in [0.2, 0.25) is 5.91 Å². The molecule has 2 aliphatic heterocycles. The van der Waals surface area contributed by atoms with Crippen LogP contribution in [0.3, 0.4) is 0 Å². The van der Waals surface area contributed by atoms with Gasteiger partial charge in [-0.15, -0.1) is 12.4 Å². The van der Waals surface area contributed by atoms with Gasteiger partial charge in [0.25, 0.3) is 0 Å². The first-order chi connectivity index (χ1) is 10.2. The number of piperidine rings is 1. The first kappa shape index (κ1) is 18.0. The second-order valence-electron chi connectivity index (χ2n) is 7.49. The van der Waals surface area contributed by atoms with Crippen LogP contribution in [0.25, 0.3) is 0 Å². The van der Waals surface area contributed by atoms with Crippen LogP contribution in [-0.2, 0) is 4.79 Å². The van der Waals surface area contributed by atoms with Crippen molar-refractivity contribution in [1.29, 1.82) is 0 Å². The Kier molecular flexibility index (Phi) is 6.54. The zero-order chi connectivity index (χ0) is 14.7. The van der Waals surface area contributed by atoms with Crippen molar-refractivity contribution in [3.63, 3.8) is 0 Å². The molecule has 1 amide bonds. The second-order valence-corrected chi connectivity index (χ2v) is 7.49. The first-order valence-corrected chi connectivity index (χ1v) is 8.94. The van der Waals surface area contributed by atoms with Crippen LogP contribution >= 0.6 is 12.4 Å². The van der Waals surface area contributed by atoms with E-state index in [4.69, 9.17) is 0 Å². The van der Waals surface area contributed by atoms with Crippen LogP contribution in [0.15, 0.2) is 0 Å². The second kappa shape index (κ2) is 7.98. The van der Waals surface area contributed by atoms with E-state index >= 15 is 0 Å².